The summed E-state index contributed by atoms with van der Waals surface area (Å²) in [5, 5.41) is 22.6. The van der Waals surface area contributed by atoms with Crippen molar-refractivity contribution in [2.24, 2.45) is 0 Å². The van der Waals surface area contributed by atoms with Crippen molar-refractivity contribution < 1.29 is 19.4 Å². The second-order valence-corrected chi connectivity index (χ2v) is 6.57. The Morgan fingerprint density at radius 2 is 2.11 bits per heavy atom. The highest BCUT2D eigenvalue weighted by atomic mass is 35.5. The average molecular weight is 392 g/mol. The van der Waals surface area contributed by atoms with Crippen LogP contribution in [0, 0.1) is 11.3 Å². The van der Waals surface area contributed by atoms with Gasteiger partial charge in [-0.25, -0.2) is 0 Å². The Morgan fingerprint density at radius 1 is 1.41 bits per heavy atom. The van der Waals surface area contributed by atoms with E-state index in [0.717, 1.165) is 0 Å². The van der Waals surface area contributed by atoms with E-state index in [2.05, 4.69) is 11.4 Å². The third kappa shape index (κ3) is 5.23. The van der Waals surface area contributed by atoms with Crippen molar-refractivity contribution in [2.45, 2.75) is 12.0 Å². The van der Waals surface area contributed by atoms with Crippen LogP contribution in [0.15, 0.2) is 42.2 Å². The molecule has 0 spiro atoms. The number of phenols is 1. The Morgan fingerprint density at radius 3 is 2.67 bits per heavy atom. The van der Waals surface area contributed by atoms with Crippen LogP contribution in [0.5, 0.6) is 5.75 Å². The van der Waals surface area contributed by atoms with Gasteiger partial charge in [0.1, 0.15) is 5.75 Å². The lowest BCUT2D eigenvalue weighted by Crippen LogP contribution is -2.52. The van der Waals surface area contributed by atoms with Crippen LogP contribution in [0.4, 0.5) is 0 Å². The van der Waals surface area contributed by atoms with E-state index >= 15 is 0 Å². The van der Waals surface area contributed by atoms with Crippen LogP contribution < -0.4 is 5.32 Å². The number of carbonyl (C=O) groups excluding carboxylic acids is 1. The van der Waals surface area contributed by atoms with E-state index in [1.807, 2.05) is 0 Å². The van der Waals surface area contributed by atoms with E-state index in [1.165, 1.54) is 20.3 Å². The number of carbonyl (C=O) groups is 1. The number of aromatic hydroxyl groups is 1. The molecule has 0 atom stereocenters. The minimum Gasteiger partial charge on any atom is -0.508 e. The number of halogens is 1. The minimum atomic E-state index is -0.946. The van der Waals surface area contributed by atoms with E-state index in [1.54, 1.807) is 35.4 Å². The molecule has 0 saturated heterocycles. The maximum Gasteiger partial charge on any atom is 0.228 e. The maximum absolute atomic E-state index is 12.2. The number of nitrogens with zero attached hydrogens (tertiary/aromatic N) is 2. The number of hydrogen-bond donors (Lipinski definition) is 2. The number of allylic oxidation sites excluding steroid dienone is 1. The number of nitriles is 1. The molecule has 2 N–H and O–H groups in total. The van der Waals surface area contributed by atoms with Gasteiger partial charge in [0.15, 0.2) is 5.54 Å². The normalized spacial score (nSPS) is 13.9. The van der Waals surface area contributed by atoms with Gasteiger partial charge in [-0.05, 0) is 30.4 Å². The zero-order chi connectivity index (χ0) is 19.9. The van der Waals surface area contributed by atoms with Gasteiger partial charge >= 0.3 is 0 Å². The summed E-state index contributed by atoms with van der Waals surface area (Å²) >= 11 is 5.90. The predicted octanol–water partition coefficient (Wildman–Crippen LogP) is 1.97. The topological polar surface area (TPSA) is 94.8 Å². The number of hydrogen-bond acceptors (Lipinski definition) is 6. The molecule has 0 fully saturated rings. The number of methoxy groups -OCH3 is 2. The Hall–Kier alpha value is -2.53. The first kappa shape index (κ1) is 20.8. The van der Waals surface area contributed by atoms with Crippen LogP contribution in [0.2, 0.25) is 5.02 Å². The summed E-state index contributed by atoms with van der Waals surface area (Å²) in [6, 6.07) is 6.82. The minimum absolute atomic E-state index is 0.00320. The molecule has 0 aliphatic carbocycles. The molecule has 144 valence electrons. The van der Waals surface area contributed by atoms with Gasteiger partial charge in [-0.1, -0.05) is 11.6 Å². The van der Waals surface area contributed by atoms with Gasteiger partial charge in [-0.3, -0.25) is 4.79 Å². The SMILES string of the molecule is COCC(C#N)(COC)N1C=CC(NC(=O)Cc2cc(Cl)ccc2O)=CC1. The molecule has 1 aromatic rings. The first-order chi connectivity index (χ1) is 12.9. The number of ether oxygens (including phenoxy) is 2. The molecule has 27 heavy (non-hydrogen) atoms. The molecule has 1 aliphatic rings. The third-order valence-electron chi connectivity index (χ3n) is 4.14. The Kier molecular flexibility index (Phi) is 7.25. The molecule has 2 rings (SSSR count). The zero-order valence-corrected chi connectivity index (χ0v) is 16.0. The zero-order valence-electron chi connectivity index (χ0n) is 15.2. The fourth-order valence-corrected chi connectivity index (χ4v) is 2.99. The lowest BCUT2D eigenvalue weighted by Gasteiger charge is -2.37. The molecule has 0 saturated carbocycles. The van der Waals surface area contributed by atoms with Crippen molar-refractivity contribution in [3.05, 3.63) is 52.8 Å². The highest BCUT2D eigenvalue weighted by Gasteiger charge is 2.36. The molecule has 0 aromatic heterocycles. The molecule has 0 bridgehead atoms. The van der Waals surface area contributed by atoms with Gasteiger partial charge in [0, 0.05) is 43.2 Å². The van der Waals surface area contributed by atoms with Crippen LogP contribution in [0.3, 0.4) is 0 Å². The van der Waals surface area contributed by atoms with Crippen molar-refractivity contribution in [1.29, 1.82) is 5.26 Å². The van der Waals surface area contributed by atoms with Crippen molar-refractivity contribution in [3.8, 4) is 11.8 Å². The largest absolute Gasteiger partial charge is 0.508 e. The van der Waals surface area contributed by atoms with E-state index in [0.29, 0.717) is 22.8 Å². The standard InChI is InChI=1S/C19H22ClN3O4/c1-26-12-19(11-21,13-27-2)23-7-5-16(6-8-23)22-18(25)10-14-9-15(20)3-4-17(14)24/h3-7,9,24H,8,10,12-13H2,1-2H3,(H,22,25). The quantitative estimate of drug-likeness (QED) is 0.703. The maximum atomic E-state index is 12.2. The average Bonchev–Trinajstić information content (AvgIpc) is 2.65. The van der Waals surface area contributed by atoms with Crippen molar-refractivity contribution in [1.82, 2.24) is 10.2 Å². The Balaban J connectivity index is 2.01. The van der Waals surface area contributed by atoms with Crippen LogP contribution in [0.1, 0.15) is 5.56 Å². The van der Waals surface area contributed by atoms with Crippen LogP contribution in [0.25, 0.3) is 0 Å². The van der Waals surface area contributed by atoms with Gasteiger partial charge in [-0.15, -0.1) is 0 Å². The summed E-state index contributed by atoms with van der Waals surface area (Å²) in [5.41, 5.74) is 0.115. The van der Waals surface area contributed by atoms with Gasteiger partial charge in [0.25, 0.3) is 0 Å². The lowest BCUT2D eigenvalue weighted by atomic mass is 10.0. The van der Waals surface area contributed by atoms with Crippen molar-refractivity contribution in [2.75, 3.05) is 34.0 Å². The molecule has 8 heteroatoms. The molecule has 1 amide bonds. The number of benzene rings is 1. The summed E-state index contributed by atoms with van der Waals surface area (Å²) in [6.45, 7) is 0.783. The molecule has 7 nitrogen and oxygen atoms in total. The number of nitrogens with one attached hydrogen (secondary N) is 1. The fraction of sp³-hybridized carbons (Fsp3) is 0.368. The lowest BCUT2D eigenvalue weighted by molar-refractivity contribution is -0.119. The monoisotopic (exact) mass is 391 g/mol. The van der Waals surface area contributed by atoms with Crippen LogP contribution in [-0.2, 0) is 20.7 Å². The summed E-state index contributed by atoms with van der Waals surface area (Å²) in [4.78, 5) is 14.0. The van der Waals surface area contributed by atoms with E-state index in [9.17, 15) is 15.2 Å². The van der Waals surface area contributed by atoms with Gasteiger partial charge in [-0.2, -0.15) is 5.26 Å². The molecule has 0 unspecified atom stereocenters. The molecule has 1 aliphatic heterocycles. The van der Waals surface area contributed by atoms with Crippen molar-refractivity contribution in [3.63, 3.8) is 0 Å². The predicted molar refractivity (Wildman–Crippen MR) is 101 cm³/mol. The van der Waals surface area contributed by atoms with Crippen LogP contribution in [-0.4, -0.2) is 55.4 Å². The number of rotatable bonds is 8. The van der Waals surface area contributed by atoms with Crippen LogP contribution >= 0.6 is 11.6 Å². The van der Waals surface area contributed by atoms with Crippen molar-refractivity contribution >= 4 is 17.5 Å². The van der Waals surface area contributed by atoms with E-state index < -0.39 is 5.54 Å². The van der Waals surface area contributed by atoms with Gasteiger partial charge < -0.3 is 24.8 Å². The highest BCUT2D eigenvalue weighted by molar-refractivity contribution is 6.30. The van der Waals surface area contributed by atoms with Gasteiger partial charge in [0.05, 0.1) is 25.7 Å². The fourth-order valence-electron chi connectivity index (χ4n) is 2.79. The summed E-state index contributed by atoms with van der Waals surface area (Å²) in [5.74, 6) is -0.260. The van der Waals surface area contributed by atoms with E-state index in [-0.39, 0.29) is 31.3 Å². The second kappa shape index (κ2) is 9.42. The smallest absolute Gasteiger partial charge is 0.228 e. The molecular weight excluding hydrogens is 370 g/mol. The molecular formula is C19H22ClN3O4. The summed E-state index contributed by atoms with van der Waals surface area (Å²) < 4.78 is 10.4. The number of amides is 1. The first-order valence-corrected chi connectivity index (χ1v) is 8.63. The van der Waals surface area contributed by atoms with Gasteiger partial charge in [0.2, 0.25) is 5.91 Å². The van der Waals surface area contributed by atoms with E-state index in [4.69, 9.17) is 21.1 Å². The first-order valence-electron chi connectivity index (χ1n) is 8.25. The Bertz CT molecular complexity index is 780. The number of phenolic OH excluding ortho intramolecular Hbond substituents is 1. The Labute approximate surface area is 163 Å². The molecule has 0 radical (unpaired) electrons. The third-order valence-corrected chi connectivity index (χ3v) is 4.38. The second-order valence-electron chi connectivity index (χ2n) is 6.13. The molecule has 1 heterocycles. The highest BCUT2D eigenvalue weighted by Crippen LogP contribution is 2.23. The summed E-state index contributed by atoms with van der Waals surface area (Å²) in [7, 11) is 3.06. The molecule has 1 aromatic carbocycles. The summed E-state index contributed by atoms with van der Waals surface area (Å²) in [6.07, 6.45) is 5.23.